The first kappa shape index (κ1) is 21.2. The Balaban J connectivity index is 1.45. The first-order valence-electron chi connectivity index (χ1n) is 10.7. The Bertz CT molecular complexity index is 804. The minimum atomic E-state index is -0.0896. The van der Waals surface area contributed by atoms with Crippen LogP contribution in [0.4, 0.5) is 5.82 Å². The molecule has 0 radical (unpaired) electrons. The van der Waals surface area contributed by atoms with E-state index in [0.717, 1.165) is 61.7 Å². The van der Waals surface area contributed by atoms with Crippen LogP contribution in [-0.2, 0) is 12.8 Å². The van der Waals surface area contributed by atoms with Gasteiger partial charge in [0.25, 0.3) is 5.91 Å². The Morgan fingerprint density at radius 2 is 2.14 bits per heavy atom. The Morgan fingerprint density at radius 1 is 1.24 bits per heavy atom. The normalized spacial score (nSPS) is 16.0. The average Bonchev–Trinajstić information content (AvgIpc) is 3.22. The van der Waals surface area contributed by atoms with Gasteiger partial charge in [-0.3, -0.25) is 9.78 Å². The lowest BCUT2D eigenvalue weighted by molar-refractivity contribution is 0.0954. The molecule has 1 amide bonds. The van der Waals surface area contributed by atoms with Crippen LogP contribution in [0.2, 0.25) is 0 Å². The highest BCUT2D eigenvalue weighted by atomic mass is 16.1. The monoisotopic (exact) mass is 396 g/mol. The Morgan fingerprint density at radius 3 is 2.93 bits per heavy atom. The van der Waals surface area contributed by atoms with E-state index in [4.69, 9.17) is 0 Å². The van der Waals surface area contributed by atoms with Gasteiger partial charge in [0.15, 0.2) is 0 Å². The highest BCUT2D eigenvalue weighted by molar-refractivity contribution is 5.94. The van der Waals surface area contributed by atoms with Gasteiger partial charge < -0.3 is 16.0 Å². The number of rotatable bonds is 10. The zero-order chi connectivity index (χ0) is 20.5. The topological polar surface area (TPSA) is 91.8 Å². The van der Waals surface area contributed by atoms with E-state index in [1.165, 1.54) is 6.42 Å². The average molecular weight is 397 g/mol. The molecule has 3 heterocycles. The summed E-state index contributed by atoms with van der Waals surface area (Å²) in [6, 6.07) is 3.89. The fourth-order valence-corrected chi connectivity index (χ4v) is 3.58. The minimum Gasteiger partial charge on any atom is -0.368 e. The molecule has 2 aromatic heterocycles. The molecule has 3 rings (SSSR count). The van der Waals surface area contributed by atoms with Crippen LogP contribution in [0.3, 0.4) is 0 Å². The van der Waals surface area contributed by atoms with Crippen LogP contribution >= 0.6 is 0 Å². The van der Waals surface area contributed by atoms with Gasteiger partial charge in [-0.2, -0.15) is 0 Å². The number of carbonyl (C=O) groups excluding carboxylic acids is 1. The molecule has 1 fully saturated rings. The van der Waals surface area contributed by atoms with Crippen LogP contribution in [0, 0.1) is 12.8 Å². The summed E-state index contributed by atoms with van der Waals surface area (Å²) in [5.74, 6) is 2.23. The van der Waals surface area contributed by atoms with E-state index in [1.54, 1.807) is 6.20 Å². The zero-order valence-electron chi connectivity index (χ0n) is 17.5. The van der Waals surface area contributed by atoms with Crippen molar-refractivity contribution in [3.63, 3.8) is 0 Å². The lowest BCUT2D eigenvalue weighted by Gasteiger charge is -2.11. The molecule has 7 heteroatoms. The fourth-order valence-electron chi connectivity index (χ4n) is 3.58. The van der Waals surface area contributed by atoms with Crippen LogP contribution in [-0.4, -0.2) is 47.0 Å². The van der Waals surface area contributed by atoms with Crippen molar-refractivity contribution >= 4 is 11.7 Å². The second-order valence-electron chi connectivity index (χ2n) is 7.74. The van der Waals surface area contributed by atoms with Gasteiger partial charge in [-0.1, -0.05) is 13.3 Å². The SMILES string of the molecule is CCCCc1nc(C)cc(NCCNC(=O)c2cncc(CC3CCNC3)c2)n1. The van der Waals surface area contributed by atoms with Crippen LogP contribution in [0.15, 0.2) is 24.5 Å². The maximum absolute atomic E-state index is 12.5. The minimum absolute atomic E-state index is 0.0896. The molecule has 3 N–H and O–H groups in total. The molecular weight excluding hydrogens is 364 g/mol. The number of hydrogen-bond donors (Lipinski definition) is 3. The van der Waals surface area contributed by atoms with Crippen molar-refractivity contribution in [1.82, 2.24) is 25.6 Å². The summed E-state index contributed by atoms with van der Waals surface area (Å²) in [4.78, 5) is 25.7. The molecule has 1 atom stereocenters. The molecule has 29 heavy (non-hydrogen) atoms. The van der Waals surface area contributed by atoms with E-state index in [-0.39, 0.29) is 5.91 Å². The van der Waals surface area contributed by atoms with Gasteiger partial charge in [0.1, 0.15) is 11.6 Å². The van der Waals surface area contributed by atoms with Gasteiger partial charge in [-0.15, -0.1) is 0 Å². The molecule has 0 bridgehead atoms. The number of unbranched alkanes of at least 4 members (excludes halogenated alkanes) is 1. The second kappa shape index (κ2) is 10.9. The number of hydrogen-bond acceptors (Lipinski definition) is 6. The van der Waals surface area contributed by atoms with Crippen molar-refractivity contribution in [3.05, 3.63) is 47.2 Å². The Hall–Kier alpha value is -2.54. The molecule has 0 saturated carbocycles. The van der Waals surface area contributed by atoms with Crippen molar-refractivity contribution in [2.45, 2.75) is 46.0 Å². The van der Waals surface area contributed by atoms with Gasteiger partial charge in [0, 0.05) is 43.7 Å². The molecule has 1 aliphatic rings. The van der Waals surface area contributed by atoms with E-state index < -0.39 is 0 Å². The van der Waals surface area contributed by atoms with E-state index >= 15 is 0 Å². The third-order valence-electron chi connectivity index (χ3n) is 5.11. The molecule has 1 saturated heterocycles. The van der Waals surface area contributed by atoms with Gasteiger partial charge >= 0.3 is 0 Å². The molecule has 0 aromatic carbocycles. The van der Waals surface area contributed by atoms with E-state index in [0.29, 0.717) is 24.6 Å². The quantitative estimate of drug-likeness (QED) is 0.535. The second-order valence-corrected chi connectivity index (χ2v) is 7.74. The van der Waals surface area contributed by atoms with Gasteiger partial charge in [-0.05, 0) is 56.8 Å². The standard InChI is InChI=1S/C22H32N6O/c1-3-4-5-20-27-16(2)10-21(28-20)25-8-9-26-22(29)19-12-18(14-24-15-19)11-17-6-7-23-13-17/h10,12,14-15,17,23H,3-9,11,13H2,1-2H3,(H,26,29)(H,25,27,28). The molecule has 0 aliphatic carbocycles. The number of aryl methyl sites for hydroxylation is 2. The van der Waals surface area contributed by atoms with Crippen molar-refractivity contribution in [3.8, 4) is 0 Å². The van der Waals surface area contributed by atoms with Crippen molar-refractivity contribution in [1.29, 1.82) is 0 Å². The predicted octanol–water partition coefficient (Wildman–Crippen LogP) is 2.52. The molecule has 7 nitrogen and oxygen atoms in total. The molecule has 0 spiro atoms. The van der Waals surface area contributed by atoms with Gasteiger partial charge in [0.05, 0.1) is 5.56 Å². The maximum atomic E-state index is 12.5. The molecular formula is C22H32N6O. The van der Waals surface area contributed by atoms with Gasteiger partial charge in [0.2, 0.25) is 0 Å². The number of aromatic nitrogens is 3. The predicted molar refractivity (Wildman–Crippen MR) is 115 cm³/mol. The molecule has 156 valence electrons. The summed E-state index contributed by atoms with van der Waals surface area (Å²) in [6.45, 7) is 7.39. The summed E-state index contributed by atoms with van der Waals surface area (Å²) >= 11 is 0. The van der Waals surface area contributed by atoms with Crippen molar-refractivity contribution in [2.75, 3.05) is 31.5 Å². The number of pyridine rings is 1. The largest absolute Gasteiger partial charge is 0.368 e. The number of nitrogens with one attached hydrogen (secondary N) is 3. The van der Waals surface area contributed by atoms with Crippen LogP contribution in [0.1, 0.15) is 53.6 Å². The number of anilines is 1. The maximum Gasteiger partial charge on any atom is 0.252 e. The van der Waals surface area contributed by atoms with E-state index in [2.05, 4.69) is 37.8 Å². The zero-order valence-corrected chi connectivity index (χ0v) is 17.5. The first-order chi connectivity index (χ1) is 14.1. The van der Waals surface area contributed by atoms with Gasteiger partial charge in [-0.25, -0.2) is 9.97 Å². The smallest absolute Gasteiger partial charge is 0.252 e. The van der Waals surface area contributed by atoms with Crippen molar-refractivity contribution in [2.24, 2.45) is 5.92 Å². The third-order valence-corrected chi connectivity index (χ3v) is 5.11. The van der Waals surface area contributed by atoms with Crippen LogP contribution in [0.25, 0.3) is 0 Å². The van der Waals surface area contributed by atoms with E-state index in [9.17, 15) is 4.79 Å². The van der Waals surface area contributed by atoms with Crippen molar-refractivity contribution < 1.29 is 4.79 Å². The van der Waals surface area contributed by atoms with E-state index in [1.807, 2.05) is 25.3 Å². The molecule has 2 aromatic rings. The number of carbonyl (C=O) groups is 1. The summed E-state index contributed by atoms with van der Waals surface area (Å²) in [6.07, 6.45) is 8.75. The summed E-state index contributed by atoms with van der Waals surface area (Å²) < 4.78 is 0. The highest BCUT2D eigenvalue weighted by Gasteiger charge is 2.16. The Labute approximate surface area is 173 Å². The number of amides is 1. The Kier molecular flexibility index (Phi) is 7.93. The third kappa shape index (κ3) is 6.78. The first-order valence-corrected chi connectivity index (χ1v) is 10.7. The summed E-state index contributed by atoms with van der Waals surface area (Å²) in [5, 5.41) is 9.62. The fraction of sp³-hybridized carbons (Fsp3) is 0.545. The lowest BCUT2D eigenvalue weighted by atomic mass is 9.99. The number of nitrogens with zero attached hydrogens (tertiary/aromatic N) is 3. The van der Waals surface area contributed by atoms with Crippen LogP contribution < -0.4 is 16.0 Å². The molecule has 1 aliphatic heterocycles. The highest BCUT2D eigenvalue weighted by Crippen LogP contribution is 2.15. The molecule has 1 unspecified atom stereocenters. The van der Waals surface area contributed by atoms with Crippen LogP contribution in [0.5, 0.6) is 0 Å². The lowest BCUT2D eigenvalue weighted by Crippen LogP contribution is -2.29. The summed E-state index contributed by atoms with van der Waals surface area (Å²) in [5.41, 5.74) is 2.70. The summed E-state index contributed by atoms with van der Waals surface area (Å²) in [7, 11) is 0.